The number of hydrogen-bond donors (Lipinski definition) is 1. The number of non-ortho nitro benzene ring substituents is 1. The van der Waals surface area contributed by atoms with Gasteiger partial charge in [-0.25, -0.2) is 4.39 Å². The molecular formula is C15H15FN2O2. The fraction of sp³-hybridized carbons (Fsp3) is 0.200. The van der Waals surface area contributed by atoms with E-state index >= 15 is 0 Å². The second kappa shape index (κ2) is 6.25. The van der Waals surface area contributed by atoms with Crippen LogP contribution in [0.25, 0.3) is 0 Å². The monoisotopic (exact) mass is 274 g/mol. The maximum atomic E-state index is 13.1. The predicted octanol–water partition coefficient (Wildman–Crippen LogP) is 3.33. The minimum atomic E-state index is -0.423. The minimum absolute atomic E-state index is 0.0784. The Morgan fingerprint density at radius 1 is 1.15 bits per heavy atom. The average molecular weight is 274 g/mol. The molecule has 0 heterocycles. The number of benzene rings is 2. The van der Waals surface area contributed by atoms with E-state index in [1.807, 2.05) is 6.92 Å². The van der Waals surface area contributed by atoms with Crippen molar-refractivity contribution in [1.29, 1.82) is 0 Å². The first-order valence-electron chi connectivity index (χ1n) is 6.25. The van der Waals surface area contributed by atoms with E-state index in [1.54, 1.807) is 18.2 Å². The van der Waals surface area contributed by atoms with Crippen molar-refractivity contribution in [3.05, 3.63) is 75.1 Å². The summed E-state index contributed by atoms with van der Waals surface area (Å²) in [5, 5.41) is 13.7. The van der Waals surface area contributed by atoms with Gasteiger partial charge in [0.2, 0.25) is 0 Å². The fourth-order valence-corrected chi connectivity index (χ4v) is 1.91. The Labute approximate surface area is 116 Å². The van der Waals surface area contributed by atoms with Crippen LogP contribution in [0.15, 0.2) is 42.5 Å². The third-order valence-corrected chi connectivity index (χ3v) is 3.10. The molecule has 104 valence electrons. The summed E-state index contributed by atoms with van der Waals surface area (Å²) in [6, 6.07) is 11.1. The van der Waals surface area contributed by atoms with Crippen LogP contribution in [0.5, 0.6) is 0 Å². The van der Waals surface area contributed by atoms with Crippen molar-refractivity contribution in [3.8, 4) is 0 Å². The van der Waals surface area contributed by atoms with Gasteiger partial charge in [-0.3, -0.25) is 10.1 Å². The highest BCUT2D eigenvalue weighted by Gasteiger charge is 2.04. The number of rotatable bonds is 5. The Morgan fingerprint density at radius 3 is 2.50 bits per heavy atom. The molecule has 0 aliphatic rings. The summed E-state index contributed by atoms with van der Waals surface area (Å²) in [5.74, 6) is -0.247. The van der Waals surface area contributed by atoms with Gasteiger partial charge in [-0.05, 0) is 35.7 Å². The summed E-state index contributed by atoms with van der Waals surface area (Å²) < 4.78 is 13.1. The van der Waals surface area contributed by atoms with Crippen molar-refractivity contribution in [3.63, 3.8) is 0 Å². The van der Waals surface area contributed by atoms with Crippen LogP contribution < -0.4 is 5.32 Å². The van der Waals surface area contributed by atoms with Crippen LogP contribution in [-0.2, 0) is 13.1 Å². The van der Waals surface area contributed by atoms with E-state index in [-0.39, 0.29) is 11.5 Å². The molecule has 2 aromatic rings. The Hall–Kier alpha value is -2.27. The van der Waals surface area contributed by atoms with Crippen LogP contribution in [0.1, 0.15) is 16.7 Å². The Kier molecular flexibility index (Phi) is 4.42. The highest BCUT2D eigenvalue weighted by molar-refractivity contribution is 5.33. The summed E-state index contributed by atoms with van der Waals surface area (Å²) in [6.07, 6.45) is 0. The molecule has 0 bridgehead atoms. The first-order valence-corrected chi connectivity index (χ1v) is 6.25. The topological polar surface area (TPSA) is 55.2 Å². The van der Waals surface area contributed by atoms with E-state index in [0.29, 0.717) is 13.1 Å². The van der Waals surface area contributed by atoms with Crippen LogP contribution in [0.3, 0.4) is 0 Å². The van der Waals surface area contributed by atoms with E-state index in [1.165, 1.54) is 24.3 Å². The molecule has 0 aliphatic carbocycles. The Bertz CT molecular complexity index is 612. The van der Waals surface area contributed by atoms with Gasteiger partial charge in [0, 0.05) is 25.2 Å². The van der Waals surface area contributed by atoms with Crippen LogP contribution in [0.4, 0.5) is 10.1 Å². The second-order valence-electron chi connectivity index (χ2n) is 4.60. The van der Waals surface area contributed by atoms with E-state index in [4.69, 9.17) is 0 Å². The number of nitro groups is 1. The van der Waals surface area contributed by atoms with Crippen LogP contribution >= 0.6 is 0 Å². The van der Waals surface area contributed by atoms with Gasteiger partial charge in [-0.15, -0.1) is 0 Å². The van der Waals surface area contributed by atoms with E-state index in [9.17, 15) is 14.5 Å². The third-order valence-electron chi connectivity index (χ3n) is 3.10. The molecule has 0 saturated carbocycles. The van der Waals surface area contributed by atoms with Crippen LogP contribution in [-0.4, -0.2) is 4.92 Å². The first-order chi connectivity index (χ1) is 9.56. The smallest absolute Gasteiger partial charge is 0.269 e. The maximum Gasteiger partial charge on any atom is 0.269 e. The molecule has 0 fully saturated rings. The summed E-state index contributed by atoms with van der Waals surface area (Å²) in [4.78, 5) is 10.1. The highest BCUT2D eigenvalue weighted by atomic mass is 19.1. The standard InChI is InChI=1S/C15H15FN2O2/c1-11-2-5-14(16)8-13(11)10-17-9-12-3-6-15(7-4-12)18(19)20/h2-8,17H,9-10H2,1H3. The number of aryl methyl sites for hydroxylation is 1. The molecule has 0 aliphatic heterocycles. The van der Waals surface area contributed by atoms with Gasteiger partial charge in [-0.1, -0.05) is 18.2 Å². The number of halogens is 1. The lowest BCUT2D eigenvalue weighted by Gasteiger charge is -2.08. The van der Waals surface area contributed by atoms with E-state index in [2.05, 4.69) is 5.32 Å². The molecule has 4 nitrogen and oxygen atoms in total. The lowest BCUT2D eigenvalue weighted by atomic mass is 10.1. The van der Waals surface area contributed by atoms with Gasteiger partial charge >= 0.3 is 0 Å². The van der Waals surface area contributed by atoms with Gasteiger partial charge in [0.15, 0.2) is 0 Å². The zero-order chi connectivity index (χ0) is 14.5. The molecule has 2 rings (SSSR count). The lowest BCUT2D eigenvalue weighted by molar-refractivity contribution is -0.384. The molecule has 1 N–H and O–H groups in total. The molecule has 0 radical (unpaired) electrons. The predicted molar refractivity (Wildman–Crippen MR) is 74.8 cm³/mol. The summed E-state index contributed by atoms with van der Waals surface area (Å²) in [6.45, 7) is 3.07. The van der Waals surface area contributed by atoms with Gasteiger partial charge in [-0.2, -0.15) is 0 Å². The largest absolute Gasteiger partial charge is 0.309 e. The second-order valence-corrected chi connectivity index (χ2v) is 4.60. The van der Waals surface area contributed by atoms with Gasteiger partial charge < -0.3 is 5.32 Å². The van der Waals surface area contributed by atoms with Crippen LogP contribution in [0, 0.1) is 22.9 Å². The Balaban J connectivity index is 1.92. The molecule has 20 heavy (non-hydrogen) atoms. The van der Waals surface area contributed by atoms with Crippen molar-refractivity contribution >= 4 is 5.69 Å². The zero-order valence-corrected chi connectivity index (χ0v) is 11.1. The van der Waals surface area contributed by atoms with Crippen LogP contribution in [0.2, 0.25) is 0 Å². The van der Waals surface area contributed by atoms with Gasteiger partial charge in [0.1, 0.15) is 5.82 Å². The molecule has 0 aromatic heterocycles. The van der Waals surface area contributed by atoms with Gasteiger partial charge in [0.05, 0.1) is 4.92 Å². The van der Waals surface area contributed by atoms with Crippen molar-refractivity contribution in [2.24, 2.45) is 0 Å². The van der Waals surface area contributed by atoms with E-state index in [0.717, 1.165) is 16.7 Å². The summed E-state index contributed by atoms with van der Waals surface area (Å²) >= 11 is 0. The molecule has 5 heteroatoms. The molecule has 0 unspecified atom stereocenters. The van der Waals surface area contributed by atoms with E-state index < -0.39 is 4.92 Å². The molecule has 0 atom stereocenters. The summed E-state index contributed by atoms with van der Waals surface area (Å²) in [7, 11) is 0. The van der Waals surface area contributed by atoms with Crippen molar-refractivity contribution < 1.29 is 9.31 Å². The quantitative estimate of drug-likeness (QED) is 0.672. The normalized spacial score (nSPS) is 10.5. The number of nitrogens with one attached hydrogen (secondary N) is 1. The molecule has 2 aromatic carbocycles. The fourth-order valence-electron chi connectivity index (χ4n) is 1.91. The van der Waals surface area contributed by atoms with Crippen molar-refractivity contribution in [2.45, 2.75) is 20.0 Å². The highest BCUT2D eigenvalue weighted by Crippen LogP contribution is 2.13. The molecule has 0 amide bonds. The number of hydrogen-bond acceptors (Lipinski definition) is 3. The lowest BCUT2D eigenvalue weighted by Crippen LogP contribution is -2.13. The number of nitro benzene ring substituents is 1. The SMILES string of the molecule is Cc1ccc(F)cc1CNCc1ccc([N+](=O)[O-])cc1. The first kappa shape index (κ1) is 14.1. The molecular weight excluding hydrogens is 259 g/mol. The Morgan fingerprint density at radius 2 is 1.85 bits per heavy atom. The molecule has 0 saturated heterocycles. The maximum absolute atomic E-state index is 13.1. The average Bonchev–Trinajstić information content (AvgIpc) is 2.43. The van der Waals surface area contributed by atoms with Crippen molar-refractivity contribution in [1.82, 2.24) is 5.32 Å². The van der Waals surface area contributed by atoms with Crippen molar-refractivity contribution in [2.75, 3.05) is 0 Å². The zero-order valence-electron chi connectivity index (χ0n) is 11.1. The molecule has 0 spiro atoms. The summed E-state index contributed by atoms with van der Waals surface area (Å²) in [5.41, 5.74) is 2.97. The minimum Gasteiger partial charge on any atom is -0.309 e. The van der Waals surface area contributed by atoms with Gasteiger partial charge in [0.25, 0.3) is 5.69 Å². The third kappa shape index (κ3) is 3.61. The number of nitrogens with zero attached hydrogens (tertiary/aromatic N) is 1.